The first kappa shape index (κ1) is 15.4. The number of pyridine rings is 1. The number of fused-ring (bicyclic) bond motifs is 1. The average Bonchev–Trinajstić information content (AvgIpc) is 3.38. The normalized spacial score (nSPS) is 14.7. The monoisotopic (exact) mass is 341 g/mol. The maximum absolute atomic E-state index is 12.8. The molecule has 1 saturated carbocycles. The predicted molar refractivity (Wildman–Crippen MR) is 95.5 cm³/mol. The van der Waals surface area contributed by atoms with Crippen molar-refractivity contribution in [2.45, 2.75) is 43.8 Å². The van der Waals surface area contributed by atoms with E-state index >= 15 is 0 Å². The van der Waals surface area contributed by atoms with Gasteiger partial charge in [-0.2, -0.15) is 0 Å². The Hall–Kier alpha value is -2.15. The zero-order valence-electron chi connectivity index (χ0n) is 13.9. The quantitative estimate of drug-likeness (QED) is 0.581. The molecule has 0 spiro atoms. The molecule has 1 aliphatic rings. The largest absolute Gasteiger partial charge is 0.278 e. The molecule has 0 saturated heterocycles. The van der Waals surface area contributed by atoms with Crippen molar-refractivity contribution < 1.29 is 0 Å². The summed E-state index contributed by atoms with van der Waals surface area (Å²) in [5.74, 6) is 0.556. The number of hydrogen-bond donors (Lipinski definition) is 1. The fourth-order valence-corrected chi connectivity index (χ4v) is 3.20. The van der Waals surface area contributed by atoms with Crippen molar-refractivity contribution in [3.63, 3.8) is 0 Å². The molecule has 0 atom stereocenters. The first-order valence-electron chi connectivity index (χ1n) is 8.12. The van der Waals surface area contributed by atoms with Crippen molar-refractivity contribution in [2.24, 2.45) is 0 Å². The van der Waals surface area contributed by atoms with Crippen LogP contribution < -0.4 is 5.56 Å². The third-order valence-electron chi connectivity index (χ3n) is 4.26. The molecule has 0 unspecified atom stereocenters. The molecule has 3 aromatic heterocycles. The van der Waals surface area contributed by atoms with Crippen LogP contribution >= 0.6 is 11.8 Å². The Kier molecular flexibility index (Phi) is 3.68. The van der Waals surface area contributed by atoms with Crippen LogP contribution in [0.5, 0.6) is 0 Å². The average molecular weight is 341 g/mol. The van der Waals surface area contributed by atoms with E-state index in [0.29, 0.717) is 27.8 Å². The molecule has 0 aromatic carbocycles. The lowest BCUT2D eigenvalue weighted by atomic mass is 10.1. The summed E-state index contributed by atoms with van der Waals surface area (Å²) in [5, 5.41) is 4.26. The van der Waals surface area contributed by atoms with E-state index in [0.717, 1.165) is 11.4 Å². The topological polar surface area (TPSA) is 76.5 Å². The highest BCUT2D eigenvalue weighted by Crippen LogP contribution is 2.39. The summed E-state index contributed by atoms with van der Waals surface area (Å²) in [4.78, 5) is 26.6. The van der Waals surface area contributed by atoms with E-state index in [1.165, 1.54) is 24.6 Å². The number of nitrogens with zero attached hydrogens (tertiary/aromatic N) is 4. The molecule has 1 N–H and O–H groups in total. The van der Waals surface area contributed by atoms with Gasteiger partial charge >= 0.3 is 0 Å². The second kappa shape index (κ2) is 5.73. The van der Waals surface area contributed by atoms with Crippen LogP contribution in [0.1, 0.15) is 44.3 Å². The van der Waals surface area contributed by atoms with E-state index in [-0.39, 0.29) is 11.6 Å². The van der Waals surface area contributed by atoms with E-state index in [2.05, 4.69) is 21.1 Å². The fourth-order valence-electron chi connectivity index (χ4n) is 2.84. The van der Waals surface area contributed by atoms with Crippen molar-refractivity contribution in [1.29, 1.82) is 0 Å². The number of H-pyrrole nitrogens is 1. The van der Waals surface area contributed by atoms with Crippen molar-refractivity contribution in [2.75, 3.05) is 6.26 Å². The molecule has 1 fully saturated rings. The second-order valence-electron chi connectivity index (χ2n) is 6.39. The van der Waals surface area contributed by atoms with Crippen molar-refractivity contribution in [3.05, 3.63) is 34.2 Å². The van der Waals surface area contributed by atoms with Gasteiger partial charge in [0.25, 0.3) is 5.56 Å². The molecule has 0 aliphatic heterocycles. The molecule has 124 valence electrons. The van der Waals surface area contributed by atoms with Gasteiger partial charge in [0.2, 0.25) is 0 Å². The third kappa shape index (κ3) is 2.53. The number of thioether (sulfide) groups is 1. The summed E-state index contributed by atoms with van der Waals surface area (Å²) in [6.07, 6.45) is 4.31. The smallest absolute Gasteiger partial charge is 0.278 e. The standard InChI is InChI=1S/C17H19N5OS/c1-9(2)22-16(23)13-14(19-17(24-3)20-15(13)21-22)12-6-4-5-11(18-12)10-7-8-10/h4-6,9-10H,7-8H2,1-3H3,(H,19,20,21). The third-order valence-corrected chi connectivity index (χ3v) is 4.80. The Morgan fingerprint density at radius 2 is 2.04 bits per heavy atom. The Bertz CT molecular complexity index is 971. The Balaban J connectivity index is 1.99. The van der Waals surface area contributed by atoms with E-state index in [1.807, 2.05) is 32.2 Å². The number of nitrogens with one attached hydrogen (secondary N) is 1. The van der Waals surface area contributed by atoms with Gasteiger partial charge in [0.1, 0.15) is 11.1 Å². The first-order valence-corrected chi connectivity index (χ1v) is 9.34. The lowest BCUT2D eigenvalue weighted by molar-refractivity contribution is 0.521. The van der Waals surface area contributed by atoms with Gasteiger partial charge in [-0.3, -0.25) is 14.9 Å². The summed E-state index contributed by atoms with van der Waals surface area (Å²) < 4.78 is 1.59. The van der Waals surface area contributed by atoms with Crippen LogP contribution in [0.15, 0.2) is 28.2 Å². The van der Waals surface area contributed by atoms with Gasteiger partial charge < -0.3 is 0 Å². The maximum Gasteiger partial charge on any atom is 0.278 e. The van der Waals surface area contributed by atoms with Gasteiger partial charge in [-0.15, -0.1) is 0 Å². The van der Waals surface area contributed by atoms with Crippen LogP contribution in [0.25, 0.3) is 22.4 Å². The van der Waals surface area contributed by atoms with Crippen molar-refractivity contribution in [1.82, 2.24) is 24.7 Å². The Morgan fingerprint density at radius 1 is 1.25 bits per heavy atom. The molecule has 3 aromatic rings. The van der Waals surface area contributed by atoms with Crippen molar-refractivity contribution >= 4 is 22.8 Å². The highest BCUT2D eigenvalue weighted by Gasteiger charge is 2.26. The summed E-state index contributed by atoms with van der Waals surface area (Å²) in [5.41, 5.74) is 2.93. The summed E-state index contributed by atoms with van der Waals surface area (Å²) in [6.45, 7) is 3.93. The molecule has 0 amide bonds. The maximum atomic E-state index is 12.8. The van der Waals surface area contributed by atoms with Crippen LogP contribution in [0.3, 0.4) is 0 Å². The summed E-state index contributed by atoms with van der Waals surface area (Å²) in [7, 11) is 0. The number of aromatic nitrogens is 5. The molecule has 0 bridgehead atoms. The molecule has 3 heterocycles. The minimum absolute atomic E-state index is 0.0306. The molecule has 7 heteroatoms. The van der Waals surface area contributed by atoms with Gasteiger partial charge in [0, 0.05) is 17.7 Å². The number of rotatable bonds is 4. The molecule has 1 aliphatic carbocycles. The van der Waals surface area contributed by atoms with E-state index in [9.17, 15) is 4.79 Å². The van der Waals surface area contributed by atoms with Gasteiger partial charge in [-0.1, -0.05) is 17.8 Å². The second-order valence-corrected chi connectivity index (χ2v) is 7.16. The Morgan fingerprint density at radius 3 is 2.71 bits per heavy atom. The first-order chi connectivity index (χ1) is 11.6. The van der Waals surface area contributed by atoms with Gasteiger partial charge in [0.05, 0.1) is 5.69 Å². The van der Waals surface area contributed by atoms with Crippen LogP contribution in [-0.4, -0.2) is 31.0 Å². The number of hydrogen-bond acceptors (Lipinski definition) is 5. The van der Waals surface area contributed by atoms with Crippen LogP contribution in [0.2, 0.25) is 0 Å². The minimum atomic E-state index is -0.0960. The number of aromatic amines is 1. The van der Waals surface area contributed by atoms with E-state index in [4.69, 9.17) is 4.98 Å². The molecule has 24 heavy (non-hydrogen) atoms. The van der Waals surface area contributed by atoms with E-state index in [1.54, 1.807) is 4.68 Å². The highest BCUT2D eigenvalue weighted by molar-refractivity contribution is 7.98. The van der Waals surface area contributed by atoms with Crippen LogP contribution in [0.4, 0.5) is 0 Å². The van der Waals surface area contributed by atoms with Crippen LogP contribution in [0, 0.1) is 0 Å². The van der Waals surface area contributed by atoms with Gasteiger partial charge in [-0.25, -0.2) is 14.6 Å². The predicted octanol–water partition coefficient (Wildman–Crippen LogP) is 3.36. The Labute approximate surface area is 143 Å². The van der Waals surface area contributed by atoms with Crippen molar-refractivity contribution in [3.8, 4) is 11.4 Å². The zero-order chi connectivity index (χ0) is 16.8. The molecule has 4 rings (SSSR count). The van der Waals surface area contributed by atoms with Crippen LogP contribution in [-0.2, 0) is 0 Å². The van der Waals surface area contributed by atoms with E-state index < -0.39 is 0 Å². The van der Waals surface area contributed by atoms with Gasteiger partial charge in [0.15, 0.2) is 10.8 Å². The minimum Gasteiger partial charge on any atom is -0.278 e. The van der Waals surface area contributed by atoms with Gasteiger partial charge in [-0.05, 0) is 45.1 Å². The SMILES string of the molecule is CSc1nc(-c2cccc(C3CC3)n2)c2c(=O)n(C(C)C)[nH]c2n1. The summed E-state index contributed by atoms with van der Waals surface area (Å²) >= 11 is 1.46. The summed E-state index contributed by atoms with van der Waals surface area (Å²) in [6, 6.07) is 6.00. The fraction of sp³-hybridized carbons (Fsp3) is 0.412. The zero-order valence-corrected chi connectivity index (χ0v) is 14.7. The lowest BCUT2D eigenvalue weighted by Gasteiger charge is -2.05. The molecular formula is C17H19N5OS. The molecule has 0 radical (unpaired) electrons. The highest BCUT2D eigenvalue weighted by atomic mass is 32.2. The lowest BCUT2D eigenvalue weighted by Crippen LogP contribution is -2.18. The molecular weight excluding hydrogens is 322 g/mol. The molecule has 6 nitrogen and oxygen atoms in total.